The van der Waals surface area contributed by atoms with E-state index in [0.29, 0.717) is 0 Å². The van der Waals surface area contributed by atoms with Crippen molar-refractivity contribution < 1.29 is 0 Å². The average Bonchev–Trinajstić information content (AvgIpc) is 2.39. The minimum atomic E-state index is 1.01. The zero-order chi connectivity index (χ0) is 8.27. The molecule has 0 heterocycles. The molecule has 0 aromatic carbocycles. The molecule has 0 heteroatoms. The summed E-state index contributed by atoms with van der Waals surface area (Å²) in [6, 6.07) is 0. The fraction of sp³-hybridized carbons (Fsp3) is 1.00. The first kappa shape index (κ1) is 9.09. The van der Waals surface area contributed by atoms with Crippen LogP contribution < -0.4 is 0 Å². The summed E-state index contributed by atoms with van der Waals surface area (Å²) in [6.07, 6.45) is 7.29. The first-order valence-electron chi connectivity index (χ1n) is 5.27. The van der Waals surface area contributed by atoms with Gasteiger partial charge in [0.25, 0.3) is 0 Å². The summed E-state index contributed by atoms with van der Waals surface area (Å²) in [6.45, 7) is 7.09. The minimum Gasteiger partial charge on any atom is -0.0651 e. The molecule has 0 bridgehead atoms. The van der Waals surface area contributed by atoms with E-state index in [0.717, 1.165) is 17.8 Å². The Morgan fingerprint density at radius 2 is 1.82 bits per heavy atom. The molecule has 0 amide bonds. The quantitative estimate of drug-likeness (QED) is 0.579. The Hall–Kier alpha value is 0. The molecule has 0 aromatic heterocycles. The lowest BCUT2D eigenvalue weighted by Crippen LogP contribution is -2.09. The molecule has 2 unspecified atom stereocenters. The third kappa shape index (κ3) is 2.21. The molecule has 0 saturated heterocycles. The second-order valence-corrected chi connectivity index (χ2v) is 4.25. The first-order chi connectivity index (χ1) is 5.27. The van der Waals surface area contributed by atoms with Crippen molar-refractivity contribution in [3.63, 3.8) is 0 Å². The summed E-state index contributed by atoms with van der Waals surface area (Å²) in [5, 5.41) is 0. The third-order valence-electron chi connectivity index (χ3n) is 3.45. The minimum absolute atomic E-state index is 1.01. The number of hydrogen-bond acceptors (Lipinski definition) is 0. The van der Waals surface area contributed by atoms with Crippen LogP contribution in [0.15, 0.2) is 0 Å². The largest absolute Gasteiger partial charge is 0.0651 e. The van der Waals surface area contributed by atoms with E-state index in [1.807, 2.05) is 0 Å². The van der Waals surface area contributed by atoms with Gasteiger partial charge in [0.15, 0.2) is 0 Å². The lowest BCUT2D eigenvalue weighted by molar-refractivity contribution is 0.312. The van der Waals surface area contributed by atoms with Crippen LogP contribution in [0.25, 0.3) is 0 Å². The fourth-order valence-electron chi connectivity index (χ4n) is 2.63. The molecule has 2 atom stereocenters. The Balaban J connectivity index is 2.34. The van der Waals surface area contributed by atoms with E-state index in [2.05, 4.69) is 20.8 Å². The van der Waals surface area contributed by atoms with Crippen LogP contribution >= 0.6 is 0 Å². The fourth-order valence-corrected chi connectivity index (χ4v) is 2.63. The van der Waals surface area contributed by atoms with Crippen molar-refractivity contribution in [2.75, 3.05) is 0 Å². The van der Waals surface area contributed by atoms with Crippen molar-refractivity contribution in [1.82, 2.24) is 0 Å². The topological polar surface area (TPSA) is 0 Å². The maximum atomic E-state index is 2.41. The van der Waals surface area contributed by atoms with Crippen LogP contribution in [0.4, 0.5) is 0 Å². The summed E-state index contributed by atoms with van der Waals surface area (Å²) < 4.78 is 0. The average molecular weight is 154 g/mol. The second kappa shape index (κ2) is 4.13. The third-order valence-corrected chi connectivity index (χ3v) is 3.45. The summed E-state index contributed by atoms with van der Waals surface area (Å²) >= 11 is 0. The van der Waals surface area contributed by atoms with Crippen LogP contribution in [0, 0.1) is 17.8 Å². The van der Waals surface area contributed by atoms with Crippen LogP contribution in [-0.4, -0.2) is 0 Å². The Kier molecular flexibility index (Phi) is 3.42. The molecule has 11 heavy (non-hydrogen) atoms. The van der Waals surface area contributed by atoms with E-state index in [1.165, 1.54) is 32.1 Å². The predicted octanol–water partition coefficient (Wildman–Crippen LogP) is 3.86. The van der Waals surface area contributed by atoms with E-state index < -0.39 is 0 Å². The molecule has 1 saturated carbocycles. The normalized spacial score (nSPS) is 31.6. The van der Waals surface area contributed by atoms with Gasteiger partial charge in [0, 0.05) is 0 Å². The molecule has 1 aliphatic carbocycles. The van der Waals surface area contributed by atoms with Crippen molar-refractivity contribution in [2.24, 2.45) is 17.8 Å². The molecule has 66 valence electrons. The Bertz CT molecular complexity index is 103. The lowest BCUT2D eigenvalue weighted by Gasteiger charge is -2.19. The smallest absolute Gasteiger partial charge is 0.0383 e. The maximum Gasteiger partial charge on any atom is -0.0383 e. The first-order valence-corrected chi connectivity index (χ1v) is 5.27. The van der Waals surface area contributed by atoms with Crippen LogP contribution in [0.5, 0.6) is 0 Å². The van der Waals surface area contributed by atoms with Gasteiger partial charge in [0.1, 0.15) is 0 Å². The van der Waals surface area contributed by atoms with E-state index in [-0.39, 0.29) is 0 Å². The summed E-state index contributed by atoms with van der Waals surface area (Å²) in [7, 11) is 0. The molecule has 1 rings (SSSR count). The van der Waals surface area contributed by atoms with Gasteiger partial charge in [-0.3, -0.25) is 0 Å². The molecule has 0 nitrogen and oxygen atoms in total. The van der Waals surface area contributed by atoms with Crippen molar-refractivity contribution >= 4 is 0 Å². The molecule has 1 aliphatic rings. The standard InChI is InChI=1S/C11H22/c1-4-10(5-2)11-7-6-9(3)8-11/h9-11H,4-8H2,1-3H3. The van der Waals surface area contributed by atoms with Gasteiger partial charge in [0.05, 0.1) is 0 Å². The molecule has 0 aromatic rings. The molecule has 0 spiro atoms. The lowest BCUT2D eigenvalue weighted by atomic mass is 9.86. The molecule has 0 radical (unpaired) electrons. The zero-order valence-electron chi connectivity index (χ0n) is 8.27. The van der Waals surface area contributed by atoms with Crippen molar-refractivity contribution in [1.29, 1.82) is 0 Å². The van der Waals surface area contributed by atoms with Gasteiger partial charge in [-0.05, 0) is 30.6 Å². The van der Waals surface area contributed by atoms with Crippen molar-refractivity contribution in [3.05, 3.63) is 0 Å². The van der Waals surface area contributed by atoms with Crippen LogP contribution in [0.2, 0.25) is 0 Å². The zero-order valence-corrected chi connectivity index (χ0v) is 8.27. The summed E-state index contributed by atoms with van der Waals surface area (Å²) in [5.74, 6) is 3.11. The van der Waals surface area contributed by atoms with E-state index >= 15 is 0 Å². The predicted molar refractivity (Wildman–Crippen MR) is 50.6 cm³/mol. The maximum absolute atomic E-state index is 2.41. The molecular formula is C11H22. The molecular weight excluding hydrogens is 132 g/mol. The molecule has 0 aliphatic heterocycles. The SMILES string of the molecule is CCC(CC)C1CCC(C)C1. The van der Waals surface area contributed by atoms with Gasteiger partial charge >= 0.3 is 0 Å². The summed E-state index contributed by atoms with van der Waals surface area (Å²) in [5.41, 5.74) is 0. The van der Waals surface area contributed by atoms with E-state index in [9.17, 15) is 0 Å². The Morgan fingerprint density at radius 1 is 1.18 bits per heavy atom. The highest BCUT2D eigenvalue weighted by Gasteiger charge is 2.26. The van der Waals surface area contributed by atoms with E-state index in [1.54, 1.807) is 0 Å². The Morgan fingerprint density at radius 3 is 2.18 bits per heavy atom. The number of rotatable bonds is 3. The molecule has 1 fully saturated rings. The number of hydrogen-bond donors (Lipinski definition) is 0. The van der Waals surface area contributed by atoms with Crippen molar-refractivity contribution in [3.8, 4) is 0 Å². The van der Waals surface area contributed by atoms with Crippen LogP contribution in [0.1, 0.15) is 52.9 Å². The second-order valence-electron chi connectivity index (χ2n) is 4.25. The van der Waals surface area contributed by atoms with Crippen LogP contribution in [0.3, 0.4) is 0 Å². The van der Waals surface area contributed by atoms with Crippen LogP contribution in [-0.2, 0) is 0 Å². The van der Waals surface area contributed by atoms with Gasteiger partial charge < -0.3 is 0 Å². The summed E-state index contributed by atoms with van der Waals surface area (Å²) in [4.78, 5) is 0. The highest BCUT2D eigenvalue weighted by atomic mass is 14.3. The monoisotopic (exact) mass is 154 g/mol. The van der Waals surface area contributed by atoms with Gasteiger partial charge in [-0.2, -0.15) is 0 Å². The van der Waals surface area contributed by atoms with Gasteiger partial charge in [-0.25, -0.2) is 0 Å². The van der Waals surface area contributed by atoms with Gasteiger partial charge in [-0.1, -0.05) is 40.0 Å². The van der Waals surface area contributed by atoms with E-state index in [4.69, 9.17) is 0 Å². The van der Waals surface area contributed by atoms with Gasteiger partial charge in [-0.15, -0.1) is 0 Å². The molecule has 0 N–H and O–H groups in total. The highest BCUT2D eigenvalue weighted by Crippen LogP contribution is 2.37. The van der Waals surface area contributed by atoms with Gasteiger partial charge in [0.2, 0.25) is 0 Å². The highest BCUT2D eigenvalue weighted by molar-refractivity contribution is 4.77. The van der Waals surface area contributed by atoms with Crippen molar-refractivity contribution in [2.45, 2.75) is 52.9 Å². The Labute approximate surface area is 71.4 Å².